The molecule has 92 valence electrons. The maximum Gasteiger partial charge on any atom is 0.324 e. The predicted octanol–water partition coefficient (Wildman–Crippen LogP) is 1.70. The molecule has 3 N–H and O–H groups in total. The summed E-state index contributed by atoms with van der Waals surface area (Å²) in [5.41, 5.74) is 0.129. The number of phenols is 1. The van der Waals surface area contributed by atoms with Gasteiger partial charge in [-0.25, -0.2) is 0 Å². The van der Waals surface area contributed by atoms with Gasteiger partial charge in [-0.05, 0) is 38.0 Å². The number of nitrogens with one attached hydrogen (secondary N) is 1. The molecule has 1 aromatic carbocycles. The van der Waals surface area contributed by atoms with Crippen molar-refractivity contribution < 1.29 is 15.0 Å². The van der Waals surface area contributed by atoms with Gasteiger partial charge in [-0.15, -0.1) is 0 Å². The van der Waals surface area contributed by atoms with Gasteiger partial charge in [0.1, 0.15) is 11.3 Å². The molecule has 1 aliphatic rings. The van der Waals surface area contributed by atoms with Gasteiger partial charge in [-0.2, -0.15) is 0 Å². The second-order valence-electron chi connectivity index (χ2n) is 4.92. The number of hydrogen-bond donors (Lipinski definition) is 3. The van der Waals surface area contributed by atoms with Crippen LogP contribution < -0.4 is 5.32 Å². The number of aliphatic carboxylic acids is 1. The van der Waals surface area contributed by atoms with Crippen molar-refractivity contribution in [3.63, 3.8) is 0 Å². The molecule has 0 amide bonds. The van der Waals surface area contributed by atoms with Crippen molar-refractivity contribution in [2.75, 3.05) is 0 Å². The van der Waals surface area contributed by atoms with Gasteiger partial charge in [0.05, 0.1) is 0 Å². The Hall–Kier alpha value is -1.55. The fraction of sp³-hybridized carbons (Fsp3) is 0.462. The first-order chi connectivity index (χ1) is 7.95. The average Bonchev–Trinajstić information content (AvgIpc) is 2.94. The van der Waals surface area contributed by atoms with Gasteiger partial charge in [0.15, 0.2) is 0 Å². The van der Waals surface area contributed by atoms with Crippen LogP contribution >= 0.6 is 0 Å². The van der Waals surface area contributed by atoms with E-state index in [1.165, 1.54) is 0 Å². The highest BCUT2D eigenvalue weighted by molar-refractivity contribution is 5.85. The number of benzene rings is 1. The third-order valence-electron chi connectivity index (χ3n) is 3.18. The second kappa shape index (κ2) is 4.04. The van der Waals surface area contributed by atoms with E-state index in [1.807, 2.05) is 13.8 Å². The molecule has 4 nitrogen and oxygen atoms in total. The summed E-state index contributed by atoms with van der Waals surface area (Å²) < 4.78 is 0. The molecule has 1 fully saturated rings. The quantitative estimate of drug-likeness (QED) is 0.743. The SMILES string of the molecule is CC(C)NC1(C(=O)O)C[C@H]1c1ccc(O)cc1. The van der Waals surface area contributed by atoms with E-state index < -0.39 is 11.5 Å². The maximum absolute atomic E-state index is 11.4. The lowest BCUT2D eigenvalue weighted by atomic mass is 10.1. The Labute approximate surface area is 100 Å². The van der Waals surface area contributed by atoms with Crippen molar-refractivity contribution in [2.24, 2.45) is 0 Å². The molecule has 0 spiro atoms. The number of carboxylic acid groups (broad SMARTS) is 1. The minimum absolute atomic E-state index is 0.0111. The summed E-state index contributed by atoms with van der Waals surface area (Å²) >= 11 is 0. The Morgan fingerprint density at radius 2 is 2.00 bits per heavy atom. The summed E-state index contributed by atoms with van der Waals surface area (Å²) in [4.78, 5) is 11.4. The van der Waals surface area contributed by atoms with Crippen LogP contribution in [0.15, 0.2) is 24.3 Å². The monoisotopic (exact) mass is 235 g/mol. The summed E-state index contributed by atoms with van der Waals surface area (Å²) in [6.45, 7) is 3.88. The van der Waals surface area contributed by atoms with E-state index in [0.717, 1.165) is 5.56 Å². The van der Waals surface area contributed by atoms with Gasteiger partial charge >= 0.3 is 5.97 Å². The predicted molar refractivity (Wildman–Crippen MR) is 64.1 cm³/mol. The maximum atomic E-state index is 11.4. The summed E-state index contributed by atoms with van der Waals surface area (Å²) in [5.74, 6) is -0.612. The van der Waals surface area contributed by atoms with Crippen molar-refractivity contribution >= 4 is 5.97 Å². The first-order valence-corrected chi connectivity index (χ1v) is 5.76. The van der Waals surface area contributed by atoms with Gasteiger partial charge in [0.2, 0.25) is 0 Å². The van der Waals surface area contributed by atoms with Gasteiger partial charge in [0.25, 0.3) is 0 Å². The van der Waals surface area contributed by atoms with E-state index >= 15 is 0 Å². The number of aromatic hydroxyl groups is 1. The summed E-state index contributed by atoms with van der Waals surface area (Å²) in [6, 6.07) is 6.89. The number of carboxylic acids is 1. The minimum atomic E-state index is -0.828. The fourth-order valence-corrected chi connectivity index (χ4v) is 2.34. The molecule has 0 aliphatic heterocycles. The van der Waals surface area contributed by atoms with Crippen LogP contribution in [-0.4, -0.2) is 27.8 Å². The number of hydrogen-bond acceptors (Lipinski definition) is 3. The Kier molecular flexibility index (Phi) is 2.83. The molecule has 0 aromatic heterocycles. The number of carbonyl (C=O) groups is 1. The van der Waals surface area contributed by atoms with Crippen molar-refractivity contribution in [3.05, 3.63) is 29.8 Å². The molecule has 0 bridgehead atoms. The van der Waals surface area contributed by atoms with Gasteiger partial charge in [0, 0.05) is 12.0 Å². The van der Waals surface area contributed by atoms with Crippen LogP contribution in [0.2, 0.25) is 0 Å². The van der Waals surface area contributed by atoms with Crippen LogP contribution in [-0.2, 0) is 4.79 Å². The Balaban J connectivity index is 2.20. The first kappa shape index (κ1) is 11.9. The molecule has 4 heteroatoms. The topological polar surface area (TPSA) is 69.6 Å². The standard InChI is InChI=1S/C13H17NO3/c1-8(2)14-13(12(16)17)7-11(13)9-3-5-10(15)6-4-9/h3-6,8,11,14-15H,7H2,1-2H3,(H,16,17)/t11-,13?/m0/s1. The van der Waals surface area contributed by atoms with Gasteiger partial charge < -0.3 is 10.2 Å². The Morgan fingerprint density at radius 3 is 2.47 bits per heavy atom. The average molecular weight is 235 g/mol. The zero-order valence-electron chi connectivity index (χ0n) is 9.97. The number of rotatable bonds is 4. The zero-order chi connectivity index (χ0) is 12.6. The second-order valence-corrected chi connectivity index (χ2v) is 4.92. The molecule has 17 heavy (non-hydrogen) atoms. The highest BCUT2D eigenvalue weighted by Crippen LogP contribution is 2.52. The third kappa shape index (κ3) is 2.13. The summed E-state index contributed by atoms with van der Waals surface area (Å²) in [7, 11) is 0. The lowest BCUT2D eigenvalue weighted by Crippen LogP contribution is -2.44. The van der Waals surface area contributed by atoms with Gasteiger partial charge in [-0.3, -0.25) is 10.1 Å². The molecule has 1 aliphatic carbocycles. The molecule has 0 saturated heterocycles. The molecule has 2 atom stereocenters. The third-order valence-corrected chi connectivity index (χ3v) is 3.18. The van der Waals surface area contributed by atoms with Gasteiger partial charge in [-0.1, -0.05) is 12.1 Å². The molecule has 0 radical (unpaired) electrons. The van der Waals surface area contributed by atoms with Crippen molar-refractivity contribution in [3.8, 4) is 5.75 Å². The van der Waals surface area contributed by atoms with E-state index in [9.17, 15) is 15.0 Å². The lowest BCUT2D eigenvalue weighted by Gasteiger charge is -2.18. The molecule has 0 heterocycles. The normalized spacial score (nSPS) is 27.1. The van der Waals surface area contributed by atoms with Crippen LogP contribution in [0.5, 0.6) is 5.75 Å². The van der Waals surface area contributed by atoms with Crippen LogP contribution in [0, 0.1) is 0 Å². The molecular weight excluding hydrogens is 218 g/mol. The zero-order valence-corrected chi connectivity index (χ0v) is 9.97. The Bertz CT molecular complexity index is 427. The summed E-state index contributed by atoms with van der Waals surface area (Å²) in [5, 5.41) is 21.7. The fourth-order valence-electron chi connectivity index (χ4n) is 2.34. The molecule has 1 aromatic rings. The van der Waals surface area contributed by atoms with E-state index in [0.29, 0.717) is 6.42 Å². The van der Waals surface area contributed by atoms with E-state index in [-0.39, 0.29) is 17.7 Å². The molecule has 1 unspecified atom stereocenters. The smallest absolute Gasteiger partial charge is 0.324 e. The Morgan fingerprint density at radius 1 is 1.41 bits per heavy atom. The summed E-state index contributed by atoms with van der Waals surface area (Å²) in [6.07, 6.45) is 0.602. The van der Waals surface area contributed by atoms with E-state index in [4.69, 9.17) is 0 Å². The van der Waals surface area contributed by atoms with E-state index in [2.05, 4.69) is 5.32 Å². The molecular formula is C13H17NO3. The molecule has 1 saturated carbocycles. The van der Waals surface area contributed by atoms with Crippen molar-refractivity contribution in [1.29, 1.82) is 0 Å². The number of phenolic OH excluding ortho intramolecular Hbond substituents is 1. The molecule has 2 rings (SSSR count). The first-order valence-electron chi connectivity index (χ1n) is 5.76. The van der Waals surface area contributed by atoms with Crippen LogP contribution in [0.3, 0.4) is 0 Å². The van der Waals surface area contributed by atoms with Crippen LogP contribution in [0.1, 0.15) is 31.7 Å². The van der Waals surface area contributed by atoms with Crippen molar-refractivity contribution in [2.45, 2.75) is 37.8 Å². The minimum Gasteiger partial charge on any atom is -0.508 e. The highest BCUT2D eigenvalue weighted by Gasteiger charge is 2.61. The highest BCUT2D eigenvalue weighted by atomic mass is 16.4. The lowest BCUT2D eigenvalue weighted by molar-refractivity contribution is -0.141. The van der Waals surface area contributed by atoms with Crippen molar-refractivity contribution in [1.82, 2.24) is 5.32 Å². The van der Waals surface area contributed by atoms with E-state index in [1.54, 1.807) is 24.3 Å². The van der Waals surface area contributed by atoms with Crippen LogP contribution in [0.4, 0.5) is 0 Å². The largest absolute Gasteiger partial charge is 0.508 e. The van der Waals surface area contributed by atoms with Crippen LogP contribution in [0.25, 0.3) is 0 Å².